The summed E-state index contributed by atoms with van der Waals surface area (Å²) in [5.74, 6) is 0.336. The Morgan fingerprint density at radius 2 is 2.00 bits per heavy atom. The lowest BCUT2D eigenvalue weighted by atomic mass is 9.84. The van der Waals surface area contributed by atoms with Crippen LogP contribution in [-0.4, -0.2) is 21.0 Å². The molecule has 1 aromatic carbocycles. The minimum Gasteiger partial charge on any atom is -0.329 e. The largest absolute Gasteiger partial charge is 0.329 e. The molecule has 112 valence electrons. The van der Waals surface area contributed by atoms with Gasteiger partial charge in [0.15, 0.2) is 0 Å². The number of halogens is 1. The van der Waals surface area contributed by atoms with Gasteiger partial charge in [-0.05, 0) is 37.0 Å². The van der Waals surface area contributed by atoms with Crippen LogP contribution in [-0.2, 0) is 10.0 Å². The smallest absolute Gasteiger partial charge is 0.240 e. The second kappa shape index (κ2) is 6.89. The van der Waals surface area contributed by atoms with Crippen LogP contribution in [0.1, 0.15) is 32.1 Å². The van der Waals surface area contributed by atoms with Gasteiger partial charge in [0.1, 0.15) is 0 Å². The summed E-state index contributed by atoms with van der Waals surface area (Å²) in [5.41, 5.74) is 5.77. The summed E-state index contributed by atoms with van der Waals surface area (Å²) in [4.78, 5) is 0.194. The Hall–Kier alpha value is -0.620. The van der Waals surface area contributed by atoms with E-state index in [1.807, 2.05) is 0 Å². The predicted octanol–water partition coefficient (Wildman–Crippen LogP) is 2.53. The van der Waals surface area contributed by atoms with E-state index in [9.17, 15) is 8.42 Å². The van der Waals surface area contributed by atoms with Gasteiger partial charge in [0.25, 0.3) is 0 Å². The van der Waals surface area contributed by atoms with E-state index in [0.717, 1.165) is 25.7 Å². The minimum atomic E-state index is -3.56. The van der Waals surface area contributed by atoms with Crippen LogP contribution in [0, 0.1) is 5.92 Å². The van der Waals surface area contributed by atoms with Gasteiger partial charge >= 0.3 is 0 Å². The van der Waals surface area contributed by atoms with Crippen LogP contribution in [0.15, 0.2) is 29.2 Å². The highest BCUT2D eigenvalue weighted by Crippen LogP contribution is 2.27. The van der Waals surface area contributed by atoms with Crippen molar-refractivity contribution in [3.05, 3.63) is 29.3 Å². The number of rotatable bonds is 5. The lowest BCUT2D eigenvalue weighted by molar-refractivity contribution is 0.294. The summed E-state index contributed by atoms with van der Waals surface area (Å²) in [5, 5.41) is 0.412. The molecule has 1 aromatic rings. The van der Waals surface area contributed by atoms with E-state index in [4.69, 9.17) is 17.3 Å². The Morgan fingerprint density at radius 1 is 1.30 bits per heavy atom. The molecule has 0 aromatic heterocycles. The normalized spacial score (nSPS) is 18.9. The van der Waals surface area contributed by atoms with Crippen LogP contribution in [0.4, 0.5) is 0 Å². The van der Waals surface area contributed by atoms with E-state index in [-0.39, 0.29) is 10.9 Å². The molecule has 0 aliphatic heterocycles. The van der Waals surface area contributed by atoms with Gasteiger partial charge in [0.05, 0.1) is 4.90 Å². The van der Waals surface area contributed by atoms with Crippen molar-refractivity contribution in [2.45, 2.75) is 43.0 Å². The van der Waals surface area contributed by atoms with Gasteiger partial charge in [0.2, 0.25) is 10.0 Å². The molecule has 2 rings (SSSR count). The lowest BCUT2D eigenvalue weighted by Gasteiger charge is -2.29. The van der Waals surface area contributed by atoms with Gasteiger partial charge in [-0.15, -0.1) is 0 Å². The van der Waals surface area contributed by atoms with Crippen molar-refractivity contribution in [3.63, 3.8) is 0 Å². The predicted molar refractivity (Wildman–Crippen MR) is 81.2 cm³/mol. The van der Waals surface area contributed by atoms with Crippen molar-refractivity contribution in [3.8, 4) is 0 Å². The zero-order chi connectivity index (χ0) is 14.6. The Labute approximate surface area is 125 Å². The molecule has 1 aliphatic carbocycles. The van der Waals surface area contributed by atoms with Crippen molar-refractivity contribution in [1.82, 2.24) is 4.72 Å². The van der Waals surface area contributed by atoms with Gasteiger partial charge in [-0.3, -0.25) is 0 Å². The molecule has 0 bridgehead atoms. The van der Waals surface area contributed by atoms with Crippen molar-refractivity contribution < 1.29 is 8.42 Å². The van der Waals surface area contributed by atoms with Crippen LogP contribution in [0.5, 0.6) is 0 Å². The maximum atomic E-state index is 12.4. The summed E-state index contributed by atoms with van der Waals surface area (Å²) in [6.07, 6.45) is 5.62. The molecule has 0 heterocycles. The monoisotopic (exact) mass is 316 g/mol. The summed E-state index contributed by atoms with van der Waals surface area (Å²) in [6.45, 7) is 0.324. The first-order chi connectivity index (χ1) is 9.53. The molecule has 1 aliphatic rings. The van der Waals surface area contributed by atoms with Crippen molar-refractivity contribution in [2.75, 3.05) is 6.54 Å². The minimum absolute atomic E-state index is 0.194. The molecular formula is C14H21ClN2O2S. The molecule has 4 nitrogen and oxygen atoms in total. The third-order valence-electron chi connectivity index (χ3n) is 3.89. The highest BCUT2D eigenvalue weighted by atomic mass is 35.5. The average Bonchev–Trinajstić information content (AvgIpc) is 2.46. The maximum Gasteiger partial charge on any atom is 0.240 e. The fourth-order valence-electron chi connectivity index (χ4n) is 2.77. The van der Waals surface area contributed by atoms with E-state index < -0.39 is 10.0 Å². The van der Waals surface area contributed by atoms with E-state index in [1.54, 1.807) is 18.2 Å². The number of benzene rings is 1. The molecule has 3 N–H and O–H groups in total. The van der Waals surface area contributed by atoms with Gasteiger partial charge in [-0.2, -0.15) is 0 Å². The van der Waals surface area contributed by atoms with Gasteiger partial charge in [0, 0.05) is 17.6 Å². The molecular weight excluding hydrogens is 296 g/mol. The first-order valence-corrected chi connectivity index (χ1v) is 8.87. The molecule has 1 unspecified atom stereocenters. The zero-order valence-electron chi connectivity index (χ0n) is 11.4. The summed E-state index contributed by atoms with van der Waals surface area (Å²) in [6, 6.07) is 6.09. The Morgan fingerprint density at radius 3 is 2.60 bits per heavy atom. The maximum absolute atomic E-state index is 12.4. The lowest BCUT2D eigenvalue weighted by Crippen LogP contribution is -2.45. The molecule has 20 heavy (non-hydrogen) atoms. The Bertz CT molecular complexity index is 542. The van der Waals surface area contributed by atoms with Crippen LogP contribution in [0.2, 0.25) is 5.02 Å². The fourth-order valence-corrected chi connectivity index (χ4v) is 4.39. The second-order valence-corrected chi connectivity index (χ2v) is 7.47. The number of nitrogens with one attached hydrogen (secondary N) is 1. The summed E-state index contributed by atoms with van der Waals surface area (Å²) >= 11 is 5.85. The molecule has 6 heteroatoms. The van der Waals surface area contributed by atoms with Crippen molar-refractivity contribution in [1.29, 1.82) is 0 Å². The average molecular weight is 317 g/mol. The first-order valence-electron chi connectivity index (χ1n) is 7.01. The Kier molecular flexibility index (Phi) is 5.43. The van der Waals surface area contributed by atoms with E-state index >= 15 is 0 Å². The fraction of sp³-hybridized carbons (Fsp3) is 0.571. The number of sulfonamides is 1. The highest BCUT2D eigenvalue weighted by Gasteiger charge is 2.27. The van der Waals surface area contributed by atoms with Crippen LogP contribution >= 0.6 is 11.6 Å². The van der Waals surface area contributed by atoms with Crippen LogP contribution in [0.25, 0.3) is 0 Å². The van der Waals surface area contributed by atoms with E-state index in [2.05, 4.69) is 4.72 Å². The van der Waals surface area contributed by atoms with Gasteiger partial charge < -0.3 is 5.73 Å². The Balaban J connectivity index is 2.13. The van der Waals surface area contributed by atoms with E-state index in [1.165, 1.54) is 12.5 Å². The first kappa shape index (κ1) is 15.8. The molecule has 1 saturated carbocycles. The third-order valence-corrected chi connectivity index (χ3v) is 5.61. The van der Waals surface area contributed by atoms with Crippen LogP contribution in [0.3, 0.4) is 0 Å². The molecule has 0 amide bonds. The topological polar surface area (TPSA) is 72.2 Å². The molecule has 0 saturated heterocycles. The summed E-state index contributed by atoms with van der Waals surface area (Å²) < 4.78 is 27.5. The van der Waals surface area contributed by atoms with Crippen LogP contribution < -0.4 is 10.5 Å². The number of hydrogen-bond acceptors (Lipinski definition) is 3. The van der Waals surface area contributed by atoms with E-state index in [0.29, 0.717) is 17.5 Å². The van der Waals surface area contributed by atoms with Crippen molar-refractivity contribution in [2.24, 2.45) is 11.7 Å². The van der Waals surface area contributed by atoms with Gasteiger partial charge in [-0.1, -0.05) is 36.9 Å². The molecule has 0 spiro atoms. The molecule has 1 atom stereocenters. The van der Waals surface area contributed by atoms with Crippen molar-refractivity contribution >= 4 is 21.6 Å². The quantitative estimate of drug-likeness (QED) is 0.876. The second-order valence-electron chi connectivity index (χ2n) is 5.32. The zero-order valence-corrected chi connectivity index (χ0v) is 13.0. The number of nitrogens with two attached hydrogens (primary N) is 1. The highest BCUT2D eigenvalue weighted by molar-refractivity contribution is 7.89. The van der Waals surface area contributed by atoms with Gasteiger partial charge in [-0.25, -0.2) is 13.1 Å². The standard InChI is InChI=1S/C14H21ClN2O2S/c15-12-7-4-8-13(9-12)20(18,19)17-14(10-16)11-5-2-1-3-6-11/h4,7-9,11,14,17H,1-3,5-6,10,16H2. The molecule has 0 radical (unpaired) electrons. The summed E-state index contributed by atoms with van der Waals surface area (Å²) in [7, 11) is -3.56. The molecule has 1 fully saturated rings. The SMILES string of the molecule is NCC(NS(=O)(=O)c1cccc(Cl)c1)C1CCCCC1. The third kappa shape index (κ3) is 3.95. The number of hydrogen-bond donors (Lipinski definition) is 2.